The molecule has 0 radical (unpaired) electrons. The van der Waals surface area contributed by atoms with Crippen molar-refractivity contribution in [1.82, 2.24) is 19.3 Å². The normalized spacial score (nSPS) is 20.5. The molecular formula is C29H33ClN4O4S. The molecular weight excluding hydrogens is 536 g/mol. The van der Waals surface area contributed by atoms with Crippen molar-refractivity contribution in [3.05, 3.63) is 64.8 Å². The minimum Gasteiger partial charge on any atom is -0.336 e. The van der Waals surface area contributed by atoms with E-state index in [0.29, 0.717) is 22.3 Å². The molecule has 39 heavy (non-hydrogen) atoms. The van der Waals surface area contributed by atoms with Crippen LogP contribution in [0.2, 0.25) is 5.02 Å². The first-order chi connectivity index (χ1) is 18.8. The van der Waals surface area contributed by atoms with Gasteiger partial charge in [0.15, 0.2) is 9.84 Å². The maximum Gasteiger partial charge on any atom is 0.270 e. The van der Waals surface area contributed by atoms with Crippen LogP contribution in [0.25, 0.3) is 16.6 Å². The number of rotatable bonds is 4. The number of nitrogens with zero attached hydrogens (tertiary/aromatic N) is 4. The van der Waals surface area contributed by atoms with Crippen molar-refractivity contribution in [3.63, 3.8) is 0 Å². The van der Waals surface area contributed by atoms with Gasteiger partial charge in [-0.2, -0.15) is 0 Å². The number of benzene rings is 2. The Bertz CT molecular complexity index is 1490. The topological polar surface area (TPSA) is 82.9 Å². The number of hydrogen-bond acceptors (Lipinski definition) is 5. The van der Waals surface area contributed by atoms with Crippen molar-refractivity contribution in [3.8, 4) is 5.69 Å². The van der Waals surface area contributed by atoms with E-state index >= 15 is 0 Å². The number of hydrogen-bond donors (Lipinski definition) is 0. The number of fused-ring (bicyclic) bond motifs is 1. The summed E-state index contributed by atoms with van der Waals surface area (Å²) < 4.78 is 25.7. The molecule has 3 aliphatic rings. The number of halogens is 1. The lowest BCUT2D eigenvalue weighted by molar-refractivity contribution is 0.0573. The highest BCUT2D eigenvalue weighted by atomic mass is 35.5. The van der Waals surface area contributed by atoms with Crippen LogP contribution in [-0.4, -0.2) is 96.3 Å². The van der Waals surface area contributed by atoms with Gasteiger partial charge in [0.2, 0.25) is 0 Å². The van der Waals surface area contributed by atoms with Crippen LogP contribution in [0.1, 0.15) is 46.5 Å². The Kier molecular flexibility index (Phi) is 7.16. The van der Waals surface area contributed by atoms with E-state index in [1.165, 1.54) is 25.7 Å². The third-order valence-electron chi connectivity index (χ3n) is 8.43. The Labute approximate surface area is 234 Å². The third-order valence-corrected chi connectivity index (χ3v) is 10.3. The van der Waals surface area contributed by atoms with E-state index < -0.39 is 9.84 Å². The number of sulfone groups is 1. The van der Waals surface area contributed by atoms with Gasteiger partial charge in [0.1, 0.15) is 5.69 Å². The number of carbonyl (C=O) groups excluding carboxylic acids is 2. The van der Waals surface area contributed by atoms with Crippen LogP contribution in [-0.2, 0) is 9.84 Å². The Hall–Kier alpha value is -2.88. The Morgan fingerprint density at radius 1 is 0.769 bits per heavy atom. The molecule has 2 aliphatic heterocycles. The average molecular weight is 569 g/mol. The van der Waals surface area contributed by atoms with Gasteiger partial charge in [-0.3, -0.25) is 14.5 Å². The second-order valence-corrected chi connectivity index (χ2v) is 13.6. The lowest BCUT2D eigenvalue weighted by atomic mass is 10.1. The molecule has 2 saturated heterocycles. The summed E-state index contributed by atoms with van der Waals surface area (Å²) in [4.78, 5) is 33.2. The zero-order chi connectivity index (χ0) is 27.1. The average Bonchev–Trinajstić information content (AvgIpc) is 3.61. The maximum atomic E-state index is 13.7. The van der Waals surface area contributed by atoms with Crippen molar-refractivity contribution < 1.29 is 18.0 Å². The van der Waals surface area contributed by atoms with Crippen LogP contribution in [0.5, 0.6) is 0 Å². The molecule has 2 amide bonds. The highest BCUT2D eigenvalue weighted by molar-refractivity contribution is 7.91. The second-order valence-electron chi connectivity index (χ2n) is 10.8. The van der Waals surface area contributed by atoms with Gasteiger partial charge in [0, 0.05) is 67.0 Å². The molecule has 206 valence electrons. The van der Waals surface area contributed by atoms with Gasteiger partial charge < -0.3 is 14.4 Å². The molecule has 0 unspecified atom stereocenters. The van der Waals surface area contributed by atoms with Gasteiger partial charge in [0.25, 0.3) is 11.8 Å². The van der Waals surface area contributed by atoms with E-state index in [1.54, 1.807) is 17.0 Å². The van der Waals surface area contributed by atoms with E-state index in [4.69, 9.17) is 11.6 Å². The molecule has 0 spiro atoms. The molecule has 10 heteroatoms. The van der Waals surface area contributed by atoms with Crippen LogP contribution in [0.4, 0.5) is 0 Å². The lowest BCUT2D eigenvalue weighted by Gasteiger charge is -2.38. The summed E-state index contributed by atoms with van der Waals surface area (Å²) in [6, 6.07) is 15.3. The van der Waals surface area contributed by atoms with Crippen molar-refractivity contribution in [2.45, 2.75) is 31.7 Å². The molecule has 6 rings (SSSR count). The lowest BCUT2D eigenvalue weighted by Crippen LogP contribution is -2.51. The van der Waals surface area contributed by atoms with Crippen molar-refractivity contribution in [2.75, 3.05) is 50.8 Å². The first-order valence-corrected chi connectivity index (χ1v) is 15.9. The van der Waals surface area contributed by atoms with Crippen LogP contribution in [0.3, 0.4) is 0 Å². The van der Waals surface area contributed by atoms with E-state index in [1.807, 2.05) is 45.9 Å². The van der Waals surface area contributed by atoms with Crippen molar-refractivity contribution in [2.24, 2.45) is 0 Å². The van der Waals surface area contributed by atoms with Gasteiger partial charge in [-0.05, 0) is 61.4 Å². The predicted octanol–water partition coefficient (Wildman–Crippen LogP) is 3.85. The zero-order valence-electron chi connectivity index (χ0n) is 21.9. The van der Waals surface area contributed by atoms with Gasteiger partial charge >= 0.3 is 0 Å². The first-order valence-electron chi connectivity index (χ1n) is 13.7. The molecule has 0 atom stereocenters. The summed E-state index contributed by atoms with van der Waals surface area (Å²) in [7, 11) is -3.12. The summed E-state index contributed by atoms with van der Waals surface area (Å²) in [5.41, 5.74) is 2.60. The van der Waals surface area contributed by atoms with E-state index in [2.05, 4.69) is 4.90 Å². The number of carbonyl (C=O) groups is 2. The summed E-state index contributed by atoms with van der Waals surface area (Å²) >= 11 is 6.13. The molecule has 1 saturated carbocycles. The minimum atomic E-state index is -3.12. The summed E-state index contributed by atoms with van der Waals surface area (Å²) in [5, 5.41) is 1.37. The number of piperazine rings is 1. The smallest absolute Gasteiger partial charge is 0.270 e. The molecule has 0 N–H and O–H groups in total. The maximum absolute atomic E-state index is 13.7. The summed E-state index contributed by atoms with van der Waals surface area (Å²) in [6.07, 6.45) is 5.15. The fourth-order valence-electron chi connectivity index (χ4n) is 6.19. The number of aromatic nitrogens is 1. The molecule has 0 bridgehead atoms. The fourth-order valence-corrected chi connectivity index (χ4v) is 7.52. The Morgan fingerprint density at radius 2 is 1.41 bits per heavy atom. The highest BCUT2D eigenvalue weighted by Gasteiger charge is 2.30. The predicted molar refractivity (Wildman–Crippen MR) is 153 cm³/mol. The van der Waals surface area contributed by atoms with Crippen LogP contribution in [0.15, 0.2) is 48.5 Å². The SMILES string of the molecule is O=C(c1ccc2c(c1)cc(C(=O)N1CCS(=O)(=O)CC1)n2-c1ccc(Cl)cc1)N1CCN(C2CCCC2)CC1. The third kappa shape index (κ3) is 5.32. The van der Waals surface area contributed by atoms with Crippen molar-refractivity contribution in [1.29, 1.82) is 0 Å². The van der Waals surface area contributed by atoms with Crippen LogP contribution in [0, 0.1) is 0 Å². The number of amides is 2. The Balaban J connectivity index is 1.29. The van der Waals surface area contributed by atoms with E-state index in [9.17, 15) is 18.0 Å². The fraction of sp³-hybridized carbons (Fsp3) is 0.448. The quantitative estimate of drug-likeness (QED) is 0.477. The highest BCUT2D eigenvalue weighted by Crippen LogP contribution is 2.29. The van der Waals surface area contributed by atoms with Crippen LogP contribution >= 0.6 is 11.6 Å². The Morgan fingerprint density at radius 3 is 2.08 bits per heavy atom. The molecule has 3 fully saturated rings. The van der Waals surface area contributed by atoms with Gasteiger partial charge in [-0.1, -0.05) is 24.4 Å². The van der Waals surface area contributed by atoms with Crippen LogP contribution < -0.4 is 0 Å². The molecule has 2 aromatic carbocycles. The largest absolute Gasteiger partial charge is 0.336 e. The standard InChI is InChI=1S/C29H33ClN4O4S/c30-23-6-8-25(9-7-23)34-26-10-5-21(28(35)32-13-11-31(12-14-32)24-3-1-2-4-24)19-22(26)20-27(34)29(36)33-15-17-39(37,38)18-16-33/h5-10,19-20,24H,1-4,11-18H2. The van der Waals surface area contributed by atoms with Gasteiger partial charge in [0.05, 0.1) is 17.0 Å². The van der Waals surface area contributed by atoms with E-state index in [-0.39, 0.29) is 36.4 Å². The van der Waals surface area contributed by atoms with E-state index in [0.717, 1.165) is 42.8 Å². The van der Waals surface area contributed by atoms with Crippen molar-refractivity contribution >= 4 is 44.2 Å². The molecule has 8 nitrogen and oxygen atoms in total. The molecule has 3 heterocycles. The minimum absolute atomic E-state index is 0.0105. The van der Waals surface area contributed by atoms with Gasteiger partial charge in [-0.25, -0.2) is 8.42 Å². The molecule has 1 aromatic heterocycles. The molecule has 3 aromatic rings. The second kappa shape index (κ2) is 10.6. The monoisotopic (exact) mass is 568 g/mol. The summed E-state index contributed by atoms with van der Waals surface area (Å²) in [5.74, 6) is -0.289. The first kappa shape index (κ1) is 26.3. The summed E-state index contributed by atoms with van der Waals surface area (Å²) in [6.45, 7) is 3.60. The van der Waals surface area contributed by atoms with Gasteiger partial charge in [-0.15, -0.1) is 0 Å². The molecule has 1 aliphatic carbocycles. The zero-order valence-corrected chi connectivity index (χ0v) is 23.5.